The van der Waals surface area contributed by atoms with Crippen molar-refractivity contribution in [3.63, 3.8) is 0 Å². The van der Waals surface area contributed by atoms with E-state index in [0.29, 0.717) is 5.56 Å². The first kappa shape index (κ1) is 15.5. The van der Waals surface area contributed by atoms with E-state index in [9.17, 15) is 9.18 Å². The summed E-state index contributed by atoms with van der Waals surface area (Å²) in [6.45, 7) is 0. The Morgan fingerprint density at radius 2 is 1.95 bits per heavy atom. The van der Waals surface area contributed by atoms with Crippen LogP contribution in [0.15, 0.2) is 53.4 Å². The Labute approximate surface area is 131 Å². The van der Waals surface area contributed by atoms with Gasteiger partial charge in [-0.15, -0.1) is 11.8 Å². The van der Waals surface area contributed by atoms with Gasteiger partial charge in [0, 0.05) is 10.5 Å². The molecule has 2 rings (SSSR count). The Hall–Kier alpha value is -1.92. The van der Waals surface area contributed by atoms with Gasteiger partial charge in [-0.2, -0.15) is 0 Å². The number of carbonyl (C=O) groups excluding carboxylic acids is 1. The van der Waals surface area contributed by atoms with Crippen LogP contribution >= 0.6 is 24.0 Å². The summed E-state index contributed by atoms with van der Waals surface area (Å²) in [7, 11) is 0. The quantitative estimate of drug-likeness (QED) is 0.656. The molecule has 0 saturated carbocycles. The minimum absolute atomic E-state index is 0.117. The summed E-state index contributed by atoms with van der Waals surface area (Å²) < 4.78 is 13.8. The Morgan fingerprint density at radius 1 is 1.24 bits per heavy atom. The molecule has 0 spiro atoms. The molecule has 2 aromatic rings. The van der Waals surface area contributed by atoms with E-state index < -0.39 is 5.82 Å². The van der Waals surface area contributed by atoms with Gasteiger partial charge < -0.3 is 11.1 Å². The number of benzene rings is 2. The maximum absolute atomic E-state index is 13.8. The third-order valence-corrected chi connectivity index (χ3v) is 3.89. The smallest absolute Gasteiger partial charge is 0.234 e. The molecule has 0 radical (unpaired) electrons. The molecule has 0 fully saturated rings. The molecule has 108 valence electrons. The SMILES string of the molecule is NC(=S)c1ccc(NC(=O)CSc2ccccc2)c(F)c1. The van der Waals surface area contributed by atoms with E-state index >= 15 is 0 Å². The molecule has 3 N–H and O–H groups in total. The normalized spacial score (nSPS) is 10.1. The lowest BCUT2D eigenvalue weighted by molar-refractivity contribution is -0.113. The third kappa shape index (κ3) is 4.54. The van der Waals surface area contributed by atoms with E-state index in [-0.39, 0.29) is 22.3 Å². The second-order valence-corrected chi connectivity index (χ2v) is 5.70. The van der Waals surface area contributed by atoms with Gasteiger partial charge in [-0.05, 0) is 30.3 Å². The maximum Gasteiger partial charge on any atom is 0.234 e. The molecule has 2 aromatic carbocycles. The highest BCUT2D eigenvalue weighted by molar-refractivity contribution is 8.00. The Balaban J connectivity index is 1.95. The lowest BCUT2D eigenvalue weighted by atomic mass is 10.2. The molecule has 3 nitrogen and oxygen atoms in total. The number of carbonyl (C=O) groups is 1. The topological polar surface area (TPSA) is 55.1 Å². The summed E-state index contributed by atoms with van der Waals surface area (Å²) in [5.41, 5.74) is 5.97. The molecule has 0 aliphatic rings. The van der Waals surface area contributed by atoms with Crippen LogP contribution in [0.3, 0.4) is 0 Å². The predicted molar refractivity (Wildman–Crippen MR) is 88.1 cm³/mol. The van der Waals surface area contributed by atoms with Crippen LogP contribution in [0.1, 0.15) is 5.56 Å². The molecule has 0 aromatic heterocycles. The Kier molecular flexibility index (Phi) is 5.30. The molecular formula is C15H13FN2OS2. The van der Waals surface area contributed by atoms with E-state index in [1.54, 1.807) is 6.07 Å². The number of rotatable bonds is 5. The number of thiocarbonyl (C=S) groups is 1. The van der Waals surface area contributed by atoms with Gasteiger partial charge in [0.15, 0.2) is 0 Å². The lowest BCUT2D eigenvalue weighted by Gasteiger charge is -2.07. The van der Waals surface area contributed by atoms with E-state index in [2.05, 4.69) is 5.32 Å². The van der Waals surface area contributed by atoms with Crippen molar-refractivity contribution in [1.29, 1.82) is 0 Å². The molecule has 0 aliphatic carbocycles. The fourth-order valence-corrected chi connectivity index (χ4v) is 2.47. The largest absolute Gasteiger partial charge is 0.389 e. The summed E-state index contributed by atoms with van der Waals surface area (Å²) in [6.07, 6.45) is 0. The van der Waals surface area contributed by atoms with E-state index in [1.165, 1.54) is 23.9 Å². The Morgan fingerprint density at radius 3 is 2.57 bits per heavy atom. The fourth-order valence-electron chi connectivity index (χ4n) is 1.62. The van der Waals surface area contributed by atoms with Crippen LogP contribution in [0, 0.1) is 5.82 Å². The van der Waals surface area contributed by atoms with Crippen molar-refractivity contribution in [3.8, 4) is 0 Å². The first-order chi connectivity index (χ1) is 10.1. The highest BCUT2D eigenvalue weighted by atomic mass is 32.2. The van der Waals surface area contributed by atoms with Gasteiger partial charge in [-0.3, -0.25) is 4.79 Å². The third-order valence-electron chi connectivity index (χ3n) is 2.64. The average molecular weight is 320 g/mol. The first-order valence-corrected chi connectivity index (χ1v) is 7.52. The van der Waals surface area contributed by atoms with Gasteiger partial charge in [-0.25, -0.2) is 4.39 Å². The number of halogens is 1. The van der Waals surface area contributed by atoms with Crippen LogP contribution < -0.4 is 11.1 Å². The van der Waals surface area contributed by atoms with Gasteiger partial charge in [0.2, 0.25) is 5.91 Å². The van der Waals surface area contributed by atoms with E-state index in [1.807, 2.05) is 30.3 Å². The van der Waals surface area contributed by atoms with Crippen LogP contribution in [0.2, 0.25) is 0 Å². The van der Waals surface area contributed by atoms with Crippen molar-refractivity contribution in [1.82, 2.24) is 0 Å². The number of hydrogen-bond donors (Lipinski definition) is 2. The highest BCUT2D eigenvalue weighted by Crippen LogP contribution is 2.19. The summed E-state index contributed by atoms with van der Waals surface area (Å²) in [4.78, 5) is 12.9. The van der Waals surface area contributed by atoms with Gasteiger partial charge in [-0.1, -0.05) is 30.4 Å². The molecule has 0 unspecified atom stereocenters. The lowest BCUT2D eigenvalue weighted by Crippen LogP contribution is -2.16. The fraction of sp³-hybridized carbons (Fsp3) is 0.0667. The number of thioether (sulfide) groups is 1. The first-order valence-electron chi connectivity index (χ1n) is 6.13. The van der Waals surface area contributed by atoms with Crippen molar-refractivity contribution in [2.24, 2.45) is 5.73 Å². The number of hydrogen-bond acceptors (Lipinski definition) is 3. The summed E-state index contributed by atoms with van der Waals surface area (Å²) in [6, 6.07) is 13.8. The zero-order chi connectivity index (χ0) is 15.2. The van der Waals surface area contributed by atoms with Crippen LogP contribution in [0.25, 0.3) is 0 Å². The van der Waals surface area contributed by atoms with Crippen LogP contribution in [0.4, 0.5) is 10.1 Å². The molecule has 6 heteroatoms. The molecule has 21 heavy (non-hydrogen) atoms. The highest BCUT2D eigenvalue weighted by Gasteiger charge is 2.09. The molecular weight excluding hydrogens is 307 g/mol. The monoisotopic (exact) mass is 320 g/mol. The molecule has 1 amide bonds. The zero-order valence-electron chi connectivity index (χ0n) is 11.0. The van der Waals surface area contributed by atoms with Crippen LogP contribution in [0.5, 0.6) is 0 Å². The minimum Gasteiger partial charge on any atom is -0.389 e. The van der Waals surface area contributed by atoms with Crippen molar-refractivity contribution in [2.45, 2.75) is 4.90 Å². The Bertz CT molecular complexity index is 662. The van der Waals surface area contributed by atoms with Crippen molar-refractivity contribution in [3.05, 3.63) is 59.9 Å². The van der Waals surface area contributed by atoms with Gasteiger partial charge >= 0.3 is 0 Å². The number of nitrogens with two attached hydrogens (primary N) is 1. The predicted octanol–water partition coefficient (Wildman–Crippen LogP) is 3.19. The van der Waals surface area contributed by atoms with Gasteiger partial charge in [0.1, 0.15) is 10.8 Å². The number of anilines is 1. The van der Waals surface area contributed by atoms with Crippen LogP contribution in [-0.4, -0.2) is 16.6 Å². The van der Waals surface area contributed by atoms with Crippen molar-refractivity contribution < 1.29 is 9.18 Å². The number of amides is 1. The minimum atomic E-state index is -0.557. The van der Waals surface area contributed by atoms with Crippen molar-refractivity contribution in [2.75, 3.05) is 11.1 Å². The zero-order valence-corrected chi connectivity index (χ0v) is 12.6. The van der Waals surface area contributed by atoms with Crippen molar-refractivity contribution >= 4 is 40.6 Å². The van der Waals surface area contributed by atoms with Gasteiger partial charge in [0.25, 0.3) is 0 Å². The second kappa shape index (κ2) is 7.19. The van der Waals surface area contributed by atoms with E-state index in [4.69, 9.17) is 18.0 Å². The molecule has 0 saturated heterocycles. The van der Waals surface area contributed by atoms with Gasteiger partial charge in [0.05, 0.1) is 11.4 Å². The average Bonchev–Trinajstić information content (AvgIpc) is 2.48. The standard InChI is InChI=1S/C15H13FN2OS2/c16-12-8-10(15(17)20)6-7-13(12)18-14(19)9-21-11-4-2-1-3-5-11/h1-8H,9H2,(H2,17,20)(H,18,19). The summed E-state index contributed by atoms with van der Waals surface area (Å²) >= 11 is 6.16. The summed E-state index contributed by atoms with van der Waals surface area (Å²) in [5, 5.41) is 2.53. The maximum atomic E-state index is 13.8. The van der Waals surface area contributed by atoms with E-state index in [0.717, 1.165) is 4.90 Å². The second-order valence-electron chi connectivity index (χ2n) is 4.21. The molecule has 0 heterocycles. The molecule has 0 atom stereocenters. The summed E-state index contributed by atoms with van der Waals surface area (Å²) in [5.74, 6) is -0.621. The van der Waals surface area contributed by atoms with Crippen LogP contribution in [-0.2, 0) is 4.79 Å². The number of nitrogens with one attached hydrogen (secondary N) is 1. The molecule has 0 bridgehead atoms. The molecule has 0 aliphatic heterocycles.